The third-order valence-corrected chi connectivity index (χ3v) is 5.28. The van der Waals surface area contributed by atoms with Crippen molar-refractivity contribution in [1.29, 1.82) is 0 Å². The minimum absolute atomic E-state index is 0. The Morgan fingerprint density at radius 1 is 0.774 bits per heavy atom. The molecule has 1 heterocycles. The fourth-order valence-corrected chi connectivity index (χ4v) is 3.54. The summed E-state index contributed by atoms with van der Waals surface area (Å²) < 4.78 is 5.92. The lowest BCUT2D eigenvalue weighted by Gasteiger charge is -2.21. The predicted octanol–water partition coefficient (Wildman–Crippen LogP) is 6.20. The molecule has 0 saturated heterocycles. The Morgan fingerprint density at radius 3 is 2.06 bits per heavy atom. The average molecular weight is 477 g/mol. The molecule has 0 aliphatic carbocycles. The first kappa shape index (κ1) is 22.8. The number of hydrogen-bond donors (Lipinski definition) is 0. The highest BCUT2D eigenvalue weighted by molar-refractivity contribution is 8.93. The molecule has 3 nitrogen and oxygen atoms in total. The SMILES string of the molecule is Br.C1=NC(c2ccccc2)=CCN1CCCOc1ccc(CCc2ccccc2)cc1. The van der Waals surface area contributed by atoms with Gasteiger partial charge < -0.3 is 9.64 Å². The molecule has 0 amide bonds. The van der Waals surface area contributed by atoms with Gasteiger partial charge in [-0.05, 0) is 54.2 Å². The third kappa shape index (κ3) is 7.11. The number of nitrogens with zero attached hydrogens (tertiary/aromatic N) is 2. The van der Waals surface area contributed by atoms with Gasteiger partial charge in [0.2, 0.25) is 0 Å². The lowest BCUT2D eigenvalue weighted by molar-refractivity contribution is 0.292. The van der Waals surface area contributed by atoms with Gasteiger partial charge in [-0.15, -0.1) is 17.0 Å². The average Bonchev–Trinajstić information content (AvgIpc) is 2.83. The van der Waals surface area contributed by atoms with Crippen molar-refractivity contribution in [2.24, 2.45) is 4.99 Å². The predicted molar refractivity (Wildman–Crippen MR) is 135 cm³/mol. The zero-order chi connectivity index (χ0) is 20.4. The van der Waals surface area contributed by atoms with E-state index in [1.807, 2.05) is 24.5 Å². The van der Waals surface area contributed by atoms with Gasteiger partial charge in [0.1, 0.15) is 5.75 Å². The molecule has 0 radical (unpaired) electrons. The van der Waals surface area contributed by atoms with Gasteiger partial charge in [-0.25, -0.2) is 4.99 Å². The summed E-state index contributed by atoms with van der Waals surface area (Å²) in [5.41, 5.74) is 4.95. The number of hydrogen-bond acceptors (Lipinski definition) is 3. The topological polar surface area (TPSA) is 24.8 Å². The highest BCUT2D eigenvalue weighted by atomic mass is 79.9. The Bertz CT molecular complexity index is 969. The fraction of sp³-hybridized carbons (Fsp3) is 0.222. The lowest BCUT2D eigenvalue weighted by Crippen LogP contribution is -2.26. The van der Waals surface area contributed by atoms with Crippen LogP contribution in [0.4, 0.5) is 0 Å². The maximum absolute atomic E-state index is 5.92. The summed E-state index contributed by atoms with van der Waals surface area (Å²) in [6.07, 6.45) is 7.22. The molecule has 0 unspecified atom stereocenters. The molecule has 3 aromatic carbocycles. The summed E-state index contributed by atoms with van der Waals surface area (Å²) in [6, 6.07) is 29.4. The van der Waals surface area contributed by atoms with Gasteiger partial charge in [0.05, 0.1) is 18.6 Å². The van der Waals surface area contributed by atoms with E-state index in [-0.39, 0.29) is 17.0 Å². The summed E-state index contributed by atoms with van der Waals surface area (Å²) in [5.74, 6) is 0.942. The normalized spacial score (nSPS) is 12.8. The Hall–Kier alpha value is -2.85. The van der Waals surface area contributed by atoms with Crippen molar-refractivity contribution in [2.75, 3.05) is 19.7 Å². The van der Waals surface area contributed by atoms with Crippen molar-refractivity contribution >= 4 is 29.0 Å². The summed E-state index contributed by atoms with van der Waals surface area (Å²) in [6.45, 7) is 2.55. The van der Waals surface area contributed by atoms with Gasteiger partial charge in [0.15, 0.2) is 0 Å². The van der Waals surface area contributed by atoms with Crippen LogP contribution in [0.25, 0.3) is 5.70 Å². The van der Waals surface area contributed by atoms with Crippen LogP contribution in [0.2, 0.25) is 0 Å². The van der Waals surface area contributed by atoms with Crippen LogP contribution in [0.15, 0.2) is 96.0 Å². The van der Waals surface area contributed by atoms with Crippen LogP contribution >= 0.6 is 17.0 Å². The lowest BCUT2D eigenvalue weighted by atomic mass is 10.0. The van der Waals surface area contributed by atoms with Gasteiger partial charge in [-0.3, -0.25) is 0 Å². The molecular formula is C27H29BrN2O. The third-order valence-electron chi connectivity index (χ3n) is 5.28. The zero-order valence-electron chi connectivity index (χ0n) is 17.7. The van der Waals surface area contributed by atoms with E-state index in [0.717, 1.165) is 43.8 Å². The number of aryl methyl sites for hydroxylation is 2. The van der Waals surface area contributed by atoms with Crippen LogP contribution in [-0.4, -0.2) is 30.9 Å². The molecule has 0 atom stereocenters. The van der Waals surface area contributed by atoms with Crippen molar-refractivity contribution in [3.8, 4) is 5.75 Å². The van der Waals surface area contributed by atoms with E-state index in [4.69, 9.17) is 4.74 Å². The van der Waals surface area contributed by atoms with Gasteiger partial charge in [0, 0.05) is 13.1 Å². The van der Waals surface area contributed by atoms with E-state index in [1.165, 1.54) is 16.7 Å². The number of halogens is 1. The second-order valence-electron chi connectivity index (χ2n) is 7.53. The van der Waals surface area contributed by atoms with Crippen LogP contribution in [0.3, 0.4) is 0 Å². The second-order valence-corrected chi connectivity index (χ2v) is 7.53. The van der Waals surface area contributed by atoms with Gasteiger partial charge in [-0.2, -0.15) is 0 Å². The molecule has 0 spiro atoms. The number of benzene rings is 3. The molecule has 0 fully saturated rings. The van der Waals surface area contributed by atoms with E-state index < -0.39 is 0 Å². The molecule has 0 N–H and O–H groups in total. The number of rotatable bonds is 9. The molecule has 1 aliphatic rings. The zero-order valence-corrected chi connectivity index (χ0v) is 19.4. The molecule has 0 saturated carbocycles. The first-order valence-corrected chi connectivity index (χ1v) is 10.7. The smallest absolute Gasteiger partial charge is 0.119 e. The summed E-state index contributed by atoms with van der Waals surface area (Å²) >= 11 is 0. The van der Waals surface area contributed by atoms with Gasteiger partial charge in [-0.1, -0.05) is 72.8 Å². The van der Waals surface area contributed by atoms with E-state index in [1.54, 1.807) is 0 Å². The van der Waals surface area contributed by atoms with Crippen molar-refractivity contribution in [3.63, 3.8) is 0 Å². The molecule has 4 heteroatoms. The minimum Gasteiger partial charge on any atom is -0.494 e. The van der Waals surface area contributed by atoms with Crippen LogP contribution in [0, 0.1) is 0 Å². The molecule has 1 aliphatic heterocycles. The van der Waals surface area contributed by atoms with Crippen LogP contribution in [0.5, 0.6) is 5.75 Å². The first-order valence-electron chi connectivity index (χ1n) is 10.7. The quantitative estimate of drug-likeness (QED) is 0.343. The van der Waals surface area contributed by atoms with Crippen LogP contribution < -0.4 is 4.74 Å². The van der Waals surface area contributed by atoms with Crippen LogP contribution in [0.1, 0.15) is 23.1 Å². The largest absolute Gasteiger partial charge is 0.494 e. The molecular weight excluding hydrogens is 448 g/mol. The molecule has 3 aromatic rings. The number of aliphatic imine (C=N–C) groups is 1. The van der Waals surface area contributed by atoms with Gasteiger partial charge in [0.25, 0.3) is 0 Å². The standard InChI is InChI=1S/C27H28N2O.BrH/c1-3-8-23(9-4-1)12-13-24-14-16-26(17-15-24)30-21-7-19-29-20-18-27(28-22-29)25-10-5-2-6-11-25;/h1-6,8-11,14-18,22H,7,12-13,19-21H2;1H. The highest BCUT2D eigenvalue weighted by Crippen LogP contribution is 2.18. The minimum atomic E-state index is 0. The van der Waals surface area contributed by atoms with Crippen molar-refractivity contribution in [3.05, 3.63) is 108 Å². The van der Waals surface area contributed by atoms with Crippen molar-refractivity contribution in [1.82, 2.24) is 4.90 Å². The second kappa shape index (κ2) is 12.1. The summed E-state index contributed by atoms with van der Waals surface area (Å²) in [5, 5.41) is 0. The van der Waals surface area contributed by atoms with E-state index in [2.05, 4.69) is 82.7 Å². The number of ether oxygens (including phenoxy) is 1. The maximum Gasteiger partial charge on any atom is 0.119 e. The first-order chi connectivity index (χ1) is 14.9. The molecule has 4 rings (SSSR count). The van der Waals surface area contributed by atoms with E-state index >= 15 is 0 Å². The fourth-order valence-electron chi connectivity index (χ4n) is 3.54. The molecule has 0 bridgehead atoms. The summed E-state index contributed by atoms with van der Waals surface area (Å²) in [7, 11) is 0. The monoisotopic (exact) mass is 476 g/mol. The van der Waals surface area contributed by atoms with Gasteiger partial charge >= 0.3 is 0 Å². The highest BCUT2D eigenvalue weighted by Gasteiger charge is 2.07. The van der Waals surface area contributed by atoms with E-state index in [0.29, 0.717) is 6.61 Å². The Labute approximate surface area is 195 Å². The summed E-state index contributed by atoms with van der Waals surface area (Å²) in [4.78, 5) is 6.81. The Balaban J connectivity index is 0.00000272. The molecule has 160 valence electrons. The van der Waals surface area contributed by atoms with E-state index in [9.17, 15) is 0 Å². The molecule has 31 heavy (non-hydrogen) atoms. The van der Waals surface area contributed by atoms with Crippen molar-refractivity contribution in [2.45, 2.75) is 19.3 Å². The Morgan fingerprint density at radius 2 is 1.42 bits per heavy atom. The molecule has 0 aromatic heterocycles. The van der Waals surface area contributed by atoms with Crippen LogP contribution in [-0.2, 0) is 12.8 Å². The maximum atomic E-state index is 5.92. The Kier molecular flexibility index (Phi) is 8.92. The van der Waals surface area contributed by atoms with Crippen molar-refractivity contribution < 1.29 is 4.74 Å².